The van der Waals surface area contributed by atoms with Gasteiger partial charge in [-0.25, -0.2) is 10.8 Å². The molecule has 1 aromatic rings. The molecule has 0 radical (unpaired) electrons. The maximum absolute atomic E-state index is 6.09. The van der Waals surface area contributed by atoms with Crippen LogP contribution in [-0.2, 0) is 0 Å². The Morgan fingerprint density at radius 1 is 1.39 bits per heavy atom. The van der Waals surface area contributed by atoms with E-state index in [1.807, 2.05) is 0 Å². The van der Waals surface area contributed by atoms with Gasteiger partial charge in [0.15, 0.2) is 5.82 Å². The van der Waals surface area contributed by atoms with Crippen LogP contribution in [0.15, 0.2) is 6.20 Å². The van der Waals surface area contributed by atoms with Gasteiger partial charge in [0.2, 0.25) is 5.95 Å². The van der Waals surface area contributed by atoms with Crippen LogP contribution in [-0.4, -0.2) is 16.0 Å². The summed E-state index contributed by atoms with van der Waals surface area (Å²) in [5.41, 5.74) is 2.43. The number of rotatable bonds is 3. The molecule has 1 saturated carbocycles. The highest BCUT2D eigenvalue weighted by atomic mass is 35.5. The third kappa shape index (κ3) is 3.03. The first-order chi connectivity index (χ1) is 8.60. The summed E-state index contributed by atoms with van der Waals surface area (Å²) in [6.45, 7) is 4.57. The number of hydrogen-bond acceptors (Lipinski definition) is 5. The van der Waals surface area contributed by atoms with E-state index in [2.05, 4.69) is 34.6 Å². The summed E-state index contributed by atoms with van der Waals surface area (Å²) in [7, 11) is 0. The number of halogens is 1. The van der Waals surface area contributed by atoms with Gasteiger partial charge >= 0.3 is 0 Å². The monoisotopic (exact) mass is 269 g/mol. The van der Waals surface area contributed by atoms with Crippen LogP contribution in [0.2, 0.25) is 5.02 Å². The molecule has 6 heteroatoms. The Labute approximate surface area is 112 Å². The molecule has 0 spiro atoms. The Balaban J connectivity index is 2.08. The van der Waals surface area contributed by atoms with Crippen molar-refractivity contribution in [3.05, 3.63) is 11.2 Å². The molecule has 0 aromatic carbocycles. The molecule has 2 rings (SSSR count). The minimum absolute atomic E-state index is 0.374. The van der Waals surface area contributed by atoms with Crippen LogP contribution < -0.4 is 16.6 Å². The van der Waals surface area contributed by atoms with Crippen LogP contribution in [0.4, 0.5) is 11.8 Å². The summed E-state index contributed by atoms with van der Waals surface area (Å²) >= 11 is 6.09. The number of nitrogens with one attached hydrogen (secondary N) is 2. The van der Waals surface area contributed by atoms with Gasteiger partial charge in [-0.05, 0) is 31.1 Å². The van der Waals surface area contributed by atoms with Crippen molar-refractivity contribution in [1.82, 2.24) is 9.97 Å². The number of nitrogens with two attached hydrogens (primary N) is 1. The van der Waals surface area contributed by atoms with Gasteiger partial charge in [-0.15, -0.1) is 0 Å². The molecule has 5 nitrogen and oxygen atoms in total. The van der Waals surface area contributed by atoms with Gasteiger partial charge in [-0.3, -0.25) is 5.43 Å². The standard InChI is InChI=1S/C12H20ClN5/c1-7-3-4-10(8(2)5-7)16-11-9(13)6-15-12(17-11)18-14/h6-8,10H,3-5,14H2,1-2H3,(H2,15,16,17,18). The van der Waals surface area contributed by atoms with Gasteiger partial charge < -0.3 is 5.32 Å². The fourth-order valence-corrected chi connectivity index (χ4v) is 2.74. The van der Waals surface area contributed by atoms with Gasteiger partial charge in [0.05, 0.1) is 6.20 Å². The number of anilines is 2. The van der Waals surface area contributed by atoms with Crippen molar-refractivity contribution < 1.29 is 0 Å². The van der Waals surface area contributed by atoms with Crippen LogP contribution in [0, 0.1) is 11.8 Å². The average Bonchev–Trinajstić information content (AvgIpc) is 2.35. The molecule has 0 aliphatic heterocycles. The van der Waals surface area contributed by atoms with Crippen LogP contribution >= 0.6 is 11.6 Å². The maximum atomic E-state index is 6.09. The third-order valence-electron chi connectivity index (χ3n) is 3.63. The summed E-state index contributed by atoms with van der Waals surface area (Å²) in [6, 6.07) is 0.416. The molecule has 3 unspecified atom stereocenters. The van der Waals surface area contributed by atoms with E-state index in [0.717, 1.165) is 12.3 Å². The summed E-state index contributed by atoms with van der Waals surface area (Å²) in [5.74, 6) is 7.76. The summed E-state index contributed by atoms with van der Waals surface area (Å²) < 4.78 is 0. The van der Waals surface area contributed by atoms with E-state index in [9.17, 15) is 0 Å². The normalized spacial score (nSPS) is 27.9. The molecule has 100 valence electrons. The zero-order valence-corrected chi connectivity index (χ0v) is 11.5. The molecule has 0 saturated heterocycles. The molecule has 0 bridgehead atoms. The minimum atomic E-state index is 0.374. The topological polar surface area (TPSA) is 75.9 Å². The Hall–Kier alpha value is -1.07. The minimum Gasteiger partial charge on any atom is -0.366 e. The van der Waals surface area contributed by atoms with E-state index in [0.29, 0.717) is 28.7 Å². The molecule has 1 aliphatic rings. The Bertz CT molecular complexity index is 411. The van der Waals surface area contributed by atoms with Crippen LogP contribution in [0.3, 0.4) is 0 Å². The highest BCUT2D eigenvalue weighted by molar-refractivity contribution is 6.32. The fourth-order valence-electron chi connectivity index (χ4n) is 2.59. The van der Waals surface area contributed by atoms with Crippen LogP contribution in [0.1, 0.15) is 33.1 Å². The first-order valence-electron chi connectivity index (χ1n) is 6.36. The maximum Gasteiger partial charge on any atom is 0.239 e. The number of nitrogen functional groups attached to an aromatic ring is 1. The zero-order chi connectivity index (χ0) is 13.1. The van der Waals surface area contributed by atoms with Crippen molar-refractivity contribution in [2.24, 2.45) is 17.7 Å². The number of nitrogens with zero attached hydrogens (tertiary/aromatic N) is 2. The van der Waals surface area contributed by atoms with Gasteiger partial charge in [0.1, 0.15) is 5.02 Å². The van der Waals surface area contributed by atoms with E-state index in [1.165, 1.54) is 12.8 Å². The molecule has 1 heterocycles. The van der Waals surface area contributed by atoms with Crippen molar-refractivity contribution in [2.45, 2.75) is 39.2 Å². The average molecular weight is 270 g/mol. The lowest BCUT2D eigenvalue weighted by molar-refractivity contribution is 0.276. The summed E-state index contributed by atoms with van der Waals surface area (Å²) in [6.07, 6.45) is 5.19. The second kappa shape index (κ2) is 5.71. The molecule has 4 N–H and O–H groups in total. The number of aromatic nitrogens is 2. The van der Waals surface area contributed by atoms with Crippen molar-refractivity contribution >= 4 is 23.4 Å². The van der Waals surface area contributed by atoms with E-state index in [1.54, 1.807) is 6.20 Å². The van der Waals surface area contributed by atoms with E-state index >= 15 is 0 Å². The van der Waals surface area contributed by atoms with Gasteiger partial charge in [0, 0.05) is 6.04 Å². The van der Waals surface area contributed by atoms with Crippen molar-refractivity contribution in [3.63, 3.8) is 0 Å². The first-order valence-corrected chi connectivity index (χ1v) is 6.73. The summed E-state index contributed by atoms with van der Waals surface area (Å²) in [5, 5.41) is 3.94. The smallest absolute Gasteiger partial charge is 0.239 e. The predicted octanol–water partition coefficient (Wildman–Crippen LogP) is 2.65. The first kappa shape index (κ1) is 13.4. The lowest BCUT2D eigenvalue weighted by Crippen LogP contribution is -2.33. The highest BCUT2D eigenvalue weighted by Gasteiger charge is 2.26. The van der Waals surface area contributed by atoms with Crippen molar-refractivity contribution in [2.75, 3.05) is 10.7 Å². The van der Waals surface area contributed by atoms with Gasteiger partial charge in [-0.1, -0.05) is 25.4 Å². The molecular weight excluding hydrogens is 250 g/mol. The Morgan fingerprint density at radius 2 is 2.17 bits per heavy atom. The predicted molar refractivity (Wildman–Crippen MR) is 74.4 cm³/mol. The molecular formula is C12H20ClN5. The lowest BCUT2D eigenvalue weighted by atomic mass is 9.80. The quantitative estimate of drug-likeness (QED) is 0.581. The van der Waals surface area contributed by atoms with E-state index in [-0.39, 0.29) is 0 Å². The second-order valence-corrected chi connectivity index (χ2v) is 5.59. The number of hydrogen-bond donors (Lipinski definition) is 3. The largest absolute Gasteiger partial charge is 0.366 e. The van der Waals surface area contributed by atoms with Crippen molar-refractivity contribution in [1.29, 1.82) is 0 Å². The molecule has 0 amide bonds. The molecule has 3 atom stereocenters. The zero-order valence-electron chi connectivity index (χ0n) is 10.8. The SMILES string of the molecule is CC1CCC(Nc2nc(NN)ncc2Cl)C(C)C1. The Kier molecular flexibility index (Phi) is 4.24. The number of hydrazine groups is 1. The van der Waals surface area contributed by atoms with Crippen molar-refractivity contribution in [3.8, 4) is 0 Å². The van der Waals surface area contributed by atoms with Gasteiger partial charge in [-0.2, -0.15) is 4.98 Å². The Morgan fingerprint density at radius 3 is 2.83 bits per heavy atom. The fraction of sp³-hybridized carbons (Fsp3) is 0.667. The van der Waals surface area contributed by atoms with E-state index < -0.39 is 0 Å². The van der Waals surface area contributed by atoms with Gasteiger partial charge in [0.25, 0.3) is 0 Å². The van der Waals surface area contributed by atoms with Crippen LogP contribution in [0.5, 0.6) is 0 Å². The second-order valence-electron chi connectivity index (χ2n) is 5.18. The molecule has 1 fully saturated rings. The van der Waals surface area contributed by atoms with E-state index in [4.69, 9.17) is 17.4 Å². The third-order valence-corrected chi connectivity index (χ3v) is 3.90. The highest BCUT2D eigenvalue weighted by Crippen LogP contribution is 2.31. The lowest BCUT2D eigenvalue weighted by Gasteiger charge is -2.33. The molecule has 18 heavy (non-hydrogen) atoms. The summed E-state index contributed by atoms with van der Waals surface area (Å²) in [4.78, 5) is 8.21. The molecule has 1 aliphatic carbocycles. The molecule has 1 aromatic heterocycles. The van der Waals surface area contributed by atoms with Crippen LogP contribution in [0.25, 0.3) is 0 Å².